The number of isothiocyanates is 2. The second-order valence-corrected chi connectivity index (χ2v) is 4.71. The van der Waals surface area contributed by atoms with Gasteiger partial charge in [-0.3, -0.25) is 0 Å². The van der Waals surface area contributed by atoms with Gasteiger partial charge in [-0.15, -0.1) is 11.8 Å². The van der Waals surface area contributed by atoms with E-state index in [9.17, 15) is 0 Å². The minimum absolute atomic E-state index is 0.157. The molecular weight excluding hydrogens is 216 g/mol. The van der Waals surface area contributed by atoms with E-state index in [1.807, 2.05) is 0 Å². The Balaban J connectivity index is 2.46. The predicted molar refractivity (Wildman–Crippen MR) is 57.7 cm³/mol. The van der Waals surface area contributed by atoms with E-state index in [0.717, 1.165) is 5.75 Å². The molecule has 1 fully saturated rings. The molecule has 1 rings (SSSR count). The zero-order valence-electron chi connectivity index (χ0n) is 5.39. The molecule has 0 spiro atoms. The van der Waals surface area contributed by atoms with Crippen molar-refractivity contribution in [2.75, 3.05) is 5.75 Å². The van der Waals surface area contributed by atoms with Gasteiger partial charge in [0.15, 0.2) is 4.71 Å². The molecule has 0 radical (unpaired) electrons. The van der Waals surface area contributed by atoms with E-state index in [-0.39, 0.29) is 10.1 Å². The lowest BCUT2D eigenvalue weighted by Gasteiger charge is -1.96. The highest BCUT2D eigenvalue weighted by Crippen LogP contribution is 2.38. The first-order valence-corrected chi connectivity index (χ1v) is 5.58. The highest BCUT2D eigenvalue weighted by molar-refractivity contribution is 8.20. The lowest BCUT2D eigenvalue weighted by molar-refractivity contribution is 1.09. The number of rotatable bonds is 2. The molecule has 0 aromatic heterocycles. The fourth-order valence-corrected chi connectivity index (χ4v) is 3.56. The van der Waals surface area contributed by atoms with Crippen LogP contribution in [0.3, 0.4) is 0 Å². The van der Waals surface area contributed by atoms with Gasteiger partial charge in [0.2, 0.25) is 0 Å². The Hall–Kier alpha value is 0.300. The van der Waals surface area contributed by atoms with Crippen molar-refractivity contribution in [3.63, 3.8) is 0 Å². The van der Waals surface area contributed by atoms with Crippen LogP contribution in [0, 0.1) is 0 Å². The molecule has 0 bridgehead atoms. The summed E-state index contributed by atoms with van der Waals surface area (Å²) in [5, 5.41) is 4.91. The molecule has 1 aliphatic heterocycles. The summed E-state index contributed by atoms with van der Waals surface area (Å²) in [6.07, 6.45) is 0. The van der Waals surface area contributed by atoms with Gasteiger partial charge < -0.3 is 0 Å². The quantitative estimate of drug-likeness (QED) is 0.526. The van der Waals surface area contributed by atoms with E-state index in [4.69, 9.17) is 0 Å². The predicted octanol–water partition coefficient (Wildman–Crippen LogP) is 2.28. The highest BCUT2D eigenvalue weighted by atomic mass is 32.2. The number of thiocarbonyl (C=S) groups is 2. The van der Waals surface area contributed by atoms with Gasteiger partial charge in [0, 0.05) is 5.75 Å². The molecule has 0 N–H and O–H groups in total. The van der Waals surface area contributed by atoms with Gasteiger partial charge in [-0.05, 0) is 24.4 Å². The Bertz CT molecular complexity index is 205. The summed E-state index contributed by atoms with van der Waals surface area (Å²) >= 11 is 12.3. The van der Waals surface area contributed by atoms with Crippen molar-refractivity contribution in [2.45, 2.75) is 10.1 Å². The van der Waals surface area contributed by atoms with Gasteiger partial charge in [-0.25, -0.2) is 9.98 Å². The van der Waals surface area contributed by atoms with Crippen molar-refractivity contribution in [2.24, 2.45) is 9.98 Å². The first kappa shape index (κ1) is 9.39. The topological polar surface area (TPSA) is 24.7 Å². The number of thioether (sulfide) groups is 2. The summed E-state index contributed by atoms with van der Waals surface area (Å²) in [4.78, 5) is 7.87. The lowest BCUT2D eigenvalue weighted by atomic mass is 10.8. The van der Waals surface area contributed by atoms with Crippen LogP contribution in [0.4, 0.5) is 0 Å². The van der Waals surface area contributed by atoms with Gasteiger partial charge in [0.25, 0.3) is 0 Å². The Labute approximate surface area is 83.9 Å². The van der Waals surface area contributed by atoms with Crippen LogP contribution in [-0.2, 0) is 0 Å². The summed E-state index contributed by atoms with van der Waals surface area (Å²) in [7, 11) is 0. The maximum atomic E-state index is 4.49. The summed E-state index contributed by atoms with van der Waals surface area (Å²) in [6.45, 7) is 0. The molecule has 6 heteroatoms. The molecule has 2 nitrogen and oxygen atoms in total. The molecular formula is C5H4N2S4. The van der Waals surface area contributed by atoms with E-state index in [0.29, 0.717) is 0 Å². The zero-order chi connectivity index (χ0) is 8.10. The van der Waals surface area contributed by atoms with Crippen molar-refractivity contribution >= 4 is 58.3 Å². The highest BCUT2D eigenvalue weighted by Gasteiger charge is 2.24. The van der Waals surface area contributed by atoms with Crippen molar-refractivity contribution in [3.05, 3.63) is 0 Å². The number of hydrogen-bond acceptors (Lipinski definition) is 6. The normalized spacial score (nSPS) is 28.7. The van der Waals surface area contributed by atoms with E-state index in [2.05, 4.69) is 44.7 Å². The molecule has 0 amide bonds. The molecule has 0 aliphatic carbocycles. The molecule has 11 heavy (non-hydrogen) atoms. The average Bonchev–Trinajstić information content (AvgIpc) is 2.38. The van der Waals surface area contributed by atoms with Gasteiger partial charge in [-0.1, -0.05) is 11.8 Å². The minimum Gasteiger partial charge on any atom is -0.217 e. The maximum absolute atomic E-state index is 4.49. The van der Waals surface area contributed by atoms with E-state index < -0.39 is 0 Å². The summed E-state index contributed by atoms with van der Waals surface area (Å²) < 4.78 is 0.157. The number of hydrogen-bond donors (Lipinski definition) is 0. The fraction of sp³-hybridized carbons (Fsp3) is 0.600. The molecule has 0 saturated carbocycles. The molecule has 1 saturated heterocycles. The van der Waals surface area contributed by atoms with Gasteiger partial charge in [0.05, 0.1) is 10.3 Å². The molecule has 2 atom stereocenters. The Morgan fingerprint density at radius 3 is 2.64 bits per heavy atom. The van der Waals surface area contributed by atoms with E-state index in [1.54, 1.807) is 23.5 Å². The van der Waals surface area contributed by atoms with E-state index in [1.165, 1.54) is 0 Å². The molecule has 2 unspecified atom stereocenters. The van der Waals surface area contributed by atoms with Crippen LogP contribution in [0.2, 0.25) is 0 Å². The van der Waals surface area contributed by atoms with Gasteiger partial charge >= 0.3 is 0 Å². The molecule has 0 aromatic rings. The first-order valence-electron chi connectivity index (χ1n) is 2.78. The fourth-order valence-electron chi connectivity index (χ4n) is 0.615. The first-order chi connectivity index (χ1) is 5.36. The number of aliphatic imine (C=N–C) groups is 2. The number of nitrogens with zero attached hydrogens (tertiary/aromatic N) is 2. The molecule has 1 heterocycles. The lowest BCUT2D eigenvalue weighted by Crippen LogP contribution is -1.93. The largest absolute Gasteiger partial charge is 0.217 e. The third-order valence-corrected chi connectivity index (χ3v) is 4.00. The van der Waals surface area contributed by atoms with Crippen LogP contribution >= 0.6 is 48.0 Å². The molecule has 0 aromatic carbocycles. The van der Waals surface area contributed by atoms with Crippen molar-refractivity contribution in [1.82, 2.24) is 0 Å². The van der Waals surface area contributed by atoms with Crippen LogP contribution in [0.5, 0.6) is 0 Å². The van der Waals surface area contributed by atoms with Gasteiger partial charge in [-0.2, -0.15) is 0 Å². The minimum atomic E-state index is 0.157. The van der Waals surface area contributed by atoms with E-state index >= 15 is 0 Å². The van der Waals surface area contributed by atoms with Gasteiger partial charge in [0.1, 0.15) is 5.37 Å². The van der Waals surface area contributed by atoms with Crippen LogP contribution in [-0.4, -0.2) is 26.2 Å². The van der Waals surface area contributed by atoms with Crippen molar-refractivity contribution in [3.8, 4) is 0 Å². The maximum Gasteiger partial charge on any atom is 0.153 e. The monoisotopic (exact) mass is 220 g/mol. The Morgan fingerprint density at radius 1 is 1.27 bits per heavy atom. The molecule has 58 valence electrons. The smallest absolute Gasteiger partial charge is 0.153 e. The molecule has 1 aliphatic rings. The third kappa shape index (κ3) is 3.03. The summed E-state index contributed by atoms with van der Waals surface area (Å²) in [6, 6.07) is 0. The second-order valence-electron chi connectivity index (χ2n) is 1.67. The average molecular weight is 220 g/mol. The summed E-state index contributed by atoms with van der Waals surface area (Å²) in [5.41, 5.74) is 0. The van der Waals surface area contributed by atoms with Crippen LogP contribution in [0.15, 0.2) is 9.98 Å². The van der Waals surface area contributed by atoms with Crippen molar-refractivity contribution in [1.29, 1.82) is 0 Å². The third-order valence-electron chi connectivity index (χ3n) is 1.01. The SMILES string of the molecule is S=C=NC1CSC(N=C=S)S1. The van der Waals surface area contributed by atoms with Crippen LogP contribution in [0.25, 0.3) is 0 Å². The zero-order valence-corrected chi connectivity index (χ0v) is 8.66. The second kappa shape index (κ2) is 5.04. The van der Waals surface area contributed by atoms with Crippen LogP contribution < -0.4 is 0 Å². The van der Waals surface area contributed by atoms with Crippen LogP contribution in [0.1, 0.15) is 0 Å². The summed E-state index contributed by atoms with van der Waals surface area (Å²) in [5.74, 6) is 0.930. The standard InChI is InChI=1S/C5H4N2S4/c8-2-6-4-1-10-5(11-4)7-3-9/h4-5H,1H2. The Morgan fingerprint density at radius 2 is 2.00 bits per heavy atom. The Kier molecular flexibility index (Phi) is 4.30. The van der Waals surface area contributed by atoms with Crippen molar-refractivity contribution < 1.29 is 0 Å².